The fraction of sp³-hybridized carbons (Fsp3) is 0.625. The number of hydrogen-bond acceptors (Lipinski definition) is 3. The van der Waals surface area contributed by atoms with Crippen molar-refractivity contribution < 1.29 is 14.3 Å². The molecule has 0 bridgehead atoms. The van der Waals surface area contributed by atoms with E-state index in [0.29, 0.717) is 37.8 Å². The Kier molecular flexibility index (Phi) is 4.47. The molecule has 0 radical (unpaired) electrons. The van der Waals surface area contributed by atoms with Crippen molar-refractivity contribution in [1.29, 1.82) is 0 Å². The summed E-state index contributed by atoms with van der Waals surface area (Å²) in [5, 5.41) is 2.83. The number of amides is 2. The van der Waals surface area contributed by atoms with Crippen LogP contribution in [0.3, 0.4) is 0 Å². The van der Waals surface area contributed by atoms with Crippen LogP contribution in [0.15, 0.2) is 12.3 Å². The van der Waals surface area contributed by atoms with Gasteiger partial charge in [-0.2, -0.15) is 0 Å². The molecule has 2 fully saturated rings. The molecule has 6 heteroatoms. The molecular weight excluding hydrogens is 282 g/mol. The predicted molar refractivity (Wildman–Crippen MR) is 81.7 cm³/mol. The zero-order valence-electron chi connectivity index (χ0n) is 12.9. The number of H-pyrrole nitrogens is 1. The number of morpholine rings is 1. The largest absolute Gasteiger partial charge is 0.378 e. The fourth-order valence-electron chi connectivity index (χ4n) is 3.01. The Morgan fingerprint density at radius 2 is 2.09 bits per heavy atom. The Balaban J connectivity index is 1.61. The minimum Gasteiger partial charge on any atom is -0.378 e. The quantitative estimate of drug-likeness (QED) is 0.879. The van der Waals surface area contributed by atoms with Crippen molar-refractivity contribution in [1.82, 2.24) is 15.2 Å². The Morgan fingerprint density at radius 1 is 1.36 bits per heavy atom. The van der Waals surface area contributed by atoms with Crippen LogP contribution in [0.25, 0.3) is 0 Å². The zero-order valence-corrected chi connectivity index (χ0v) is 12.9. The molecule has 1 saturated heterocycles. The first-order chi connectivity index (χ1) is 10.7. The molecule has 3 rings (SSSR count). The number of carbonyl (C=O) groups excluding carboxylic acids is 2. The molecule has 1 aliphatic heterocycles. The van der Waals surface area contributed by atoms with Gasteiger partial charge < -0.3 is 19.9 Å². The molecule has 1 unspecified atom stereocenters. The first kappa shape index (κ1) is 15.1. The maximum Gasteiger partial charge on any atom is 0.253 e. The summed E-state index contributed by atoms with van der Waals surface area (Å²) in [6, 6.07) is 1.28. The van der Waals surface area contributed by atoms with Crippen molar-refractivity contribution in [3.8, 4) is 0 Å². The van der Waals surface area contributed by atoms with E-state index in [1.165, 1.54) is 6.42 Å². The minimum atomic E-state index is -0.519. The van der Waals surface area contributed by atoms with Gasteiger partial charge in [-0.1, -0.05) is 6.42 Å². The summed E-state index contributed by atoms with van der Waals surface area (Å²) >= 11 is 0. The van der Waals surface area contributed by atoms with Gasteiger partial charge in [-0.25, -0.2) is 0 Å². The van der Waals surface area contributed by atoms with Gasteiger partial charge in [0.25, 0.3) is 5.91 Å². The third-order valence-corrected chi connectivity index (χ3v) is 4.58. The fourth-order valence-corrected chi connectivity index (χ4v) is 3.01. The lowest BCUT2D eigenvalue weighted by Gasteiger charge is -2.29. The maximum atomic E-state index is 12.4. The number of rotatable bonds is 4. The molecule has 0 aromatic carbocycles. The molecule has 2 aliphatic rings. The molecule has 1 aliphatic carbocycles. The number of aromatic amines is 1. The van der Waals surface area contributed by atoms with Gasteiger partial charge in [0.2, 0.25) is 5.91 Å². The van der Waals surface area contributed by atoms with Gasteiger partial charge >= 0.3 is 0 Å². The van der Waals surface area contributed by atoms with Crippen molar-refractivity contribution in [3.63, 3.8) is 0 Å². The van der Waals surface area contributed by atoms with E-state index in [2.05, 4.69) is 10.3 Å². The van der Waals surface area contributed by atoms with Gasteiger partial charge in [-0.15, -0.1) is 0 Å². The normalized spacial score (nSPS) is 20.3. The Morgan fingerprint density at radius 3 is 2.73 bits per heavy atom. The van der Waals surface area contributed by atoms with Crippen LogP contribution >= 0.6 is 0 Å². The summed E-state index contributed by atoms with van der Waals surface area (Å²) < 4.78 is 5.25. The number of nitrogens with one attached hydrogen (secondary N) is 2. The highest BCUT2D eigenvalue weighted by molar-refractivity contribution is 5.98. The first-order valence-corrected chi connectivity index (χ1v) is 8.01. The third-order valence-electron chi connectivity index (χ3n) is 4.58. The lowest BCUT2D eigenvalue weighted by atomic mass is 9.81. The molecule has 1 aromatic heterocycles. The summed E-state index contributed by atoms with van der Waals surface area (Å²) in [6.45, 7) is 4.06. The number of aromatic nitrogens is 1. The van der Waals surface area contributed by atoms with E-state index in [-0.39, 0.29) is 11.8 Å². The second kappa shape index (κ2) is 6.52. The van der Waals surface area contributed by atoms with E-state index >= 15 is 0 Å². The molecule has 120 valence electrons. The van der Waals surface area contributed by atoms with Crippen molar-refractivity contribution in [2.45, 2.75) is 38.1 Å². The third kappa shape index (κ3) is 3.02. The lowest BCUT2D eigenvalue weighted by Crippen LogP contribution is -2.50. The molecule has 22 heavy (non-hydrogen) atoms. The van der Waals surface area contributed by atoms with Crippen LogP contribution in [0.4, 0.5) is 0 Å². The average Bonchev–Trinajstić information content (AvgIpc) is 2.94. The van der Waals surface area contributed by atoms with E-state index in [1.54, 1.807) is 24.1 Å². The summed E-state index contributed by atoms with van der Waals surface area (Å²) in [6.07, 6.45) is 5.28. The maximum absolute atomic E-state index is 12.4. The van der Waals surface area contributed by atoms with Gasteiger partial charge in [0, 0.05) is 25.0 Å². The number of carbonyl (C=O) groups is 2. The molecule has 1 aromatic rings. The predicted octanol–water partition coefficient (Wildman–Crippen LogP) is 1.26. The Labute approximate surface area is 130 Å². The standard InChI is InChI=1S/C16H23N3O3/c1-11(16(21)19-7-9-22-10-8-19)18-15(20)13-5-6-17-14(13)12-3-2-4-12/h5-6,11-12,17H,2-4,7-10H2,1H3,(H,18,20). The highest BCUT2D eigenvalue weighted by atomic mass is 16.5. The van der Waals surface area contributed by atoms with Gasteiger partial charge in [0.15, 0.2) is 0 Å². The lowest BCUT2D eigenvalue weighted by molar-refractivity contribution is -0.136. The van der Waals surface area contributed by atoms with Gasteiger partial charge in [-0.3, -0.25) is 9.59 Å². The van der Waals surface area contributed by atoms with Crippen LogP contribution < -0.4 is 5.32 Å². The number of ether oxygens (including phenoxy) is 1. The molecule has 2 N–H and O–H groups in total. The van der Waals surface area contributed by atoms with Crippen LogP contribution in [0.1, 0.15) is 48.2 Å². The Hall–Kier alpha value is -1.82. The molecular formula is C16H23N3O3. The van der Waals surface area contributed by atoms with Crippen molar-refractivity contribution in [2.75, 3.05) is 26.3 Å². The number of nitrogens with zero attached hydrogens (tertiary/aromatic N) is 1. The highest BCUT2D eigenvalue weighted by Gasteiger charge is 2.28. The summed E-state index contributed by atoms with van der Waals surface area (Å²) in [7, 11) is 0. The molecule has 1 saturated carbocycles. The van der Waals surface area contributed by atoms with E-state index < -0.39 is 6.04 Å². The molecule has 1 atom stereocenters. The monoisotopic (exact) mass is 305 g/mol. The average molecular weight is 305 g/mol. The second-order valence-corrected chi connectivity index (χ2v) is 6.07. The molecule has 2 heterocycles. The van der Waals surface area contributed by atoms with Crippen molar-refractivity contribution in [3.05, 3.63) is 23.5 Å². The van der Waals surface area contributed by atoms with Gasteiger partial charge in [0.1, 0.15) is 6.04 Å². The van der Waals surface area contributed by atoms with E-state index in [1.807, 2.05) is 0 Å². The van der Waals surface area contributed by atoms with Crippen molar-refractivity contribution >= 4 is 11.8 Å². The minimum absolute atomic E-state index is 0.0441. The SMILES string of the molecule is CC(NC(=O)c1cc[nH]c1C1CCC1)C(=O)N1CCOCC1. The first-order valence-electron chi connectivity index (χ1n) is 8.01. The molecule has 0 spiro atoms. The van der Waals surface area contributed by atoms with Gasteiger partial charge in [0.05, 0.1) is 18.8 Å². The molecule has 2 amide bonds. The number of hydrogen-bond donors (Lipinski definition) is 2. The van der Waals surface area contributed by atoms with Gasteiger partial charge in [-0.05, 0) is 31.7 Å². The summed E-state index contributed by atoms with van der Waals surface area (Å²) in [5.41, 5.74) is 1.68. The summed E-state index contributed by atoms with van der Waals surface area (Å²) in [4.78, 5) is 29.7. The van der Waals surface area contributed by atoms with Crippen LogP contribution in [0.2, 0.25) is 0 Å². The molecule has 6 nitrogen and oxygen atoms in total. The smallest absolute Gasteiger partial charge is 0.253 e. The van der Waals surface area contributed by atoms with Crippen LogP contribution in [-0.2, 0) is 9.53 Å². The van der Waals surface area contributed by atoms with E-state index in [9.17, 15) is 9.59 Å². The summed E-state index contributed by atoms with van der Waals surface area (Å²) in [5.74, 6) is 0.246. The zero-order chi connectivity index (χ0) is 15.5. The van der Waals surface area contributed by atoms with Crippen molar-refractivity contribution in [2.24, 2.45) is 0 Å². The van der Waals surface area contributed by atoms with Crippen LogP contribution in [-0.4, -0.2) is 54.0 Å². The highest BCUT2D eigenvalue weighted by Crippen LogP contribution is 2.37. The second-order valence-electron chi connectivity index (χ2n) is 6.07. The van der Waals surface area contributed by atoms with Crippen LogP contribution in [0, 0.1) is 0 Å². The topological polar surface area (TPSA) is 74.4 Å². The van der Waals surface area contributed by atoms with Crippen LogP contribution in [0.5, 0.6) is 0 Å². The van der Waals surface area contributed by atoms with E-state index in [4.69, 9.17) is 4.74 Å². The Bertz CT molecular complexity index is 545. The van der Waals surface area contributed by atoms with E-state index in [0.717, 1.165) is 18.5 Å².